The van der Waals surface area contributed by atoms with Crippen LogP contribution in [0.25, 0.3) is 10.9 Å². The van der Waals surface area contributed by atoms with Crippen LogP contribution in [0.15, 0.2) is 132 Å². The summed E-state index contributed by atoms with van der Waals surface area (Å²) in [6, 6.07) is 39.1. The zero-order valence-corrected chi connectivity index (χ0v) is 36.9. The molecule has 10 rings (SSSR count). The fourth-order valence-corrected chi connectivity index (χ4v) is 9.50. The summed E-state index contributed by atoms with van der Waals surface area (Å²) >= 11 is 0. The van der Waals surface area contributed by atoms with Crippen LogP contribution in [0.1, 0.15) is 76.0 Å². The number of nitrogens with one attached hydrogen (secondary N) is 3. The molecule has 5 N–H and O–H groups in total. The highest BCUT2D eigenvalue weighted by Gasteiger charge is 2.37. The maximum Gasteiger partial charge on any atom is 0.408 e. The number of nitrogens with zero attached hydrogens (tertiary/aromatic N) is 2. The molecule has 342 valence electrons. The molecule has 1 amide bonds. The second-order valence-electron chi connectivity index (χ2n) is 17.8. The van der Waals surface area contributed by atoms with Crippen molar-refractivity contribution >= 4 is 28.7 Å². The van der Waals surface area contributed by atoms with Gasteiger partial charge in [-0.2, -0.15) is 0 Å². The quantitative estimate of drug-likeness (QED) is 0.0608. The van der Waals surface area contributed by atoms with Crippen molar-refractivity contribution < 1.29 is 34.0 Å². The lowest BCUT2D eigenvalue weighted by molar-refractivity contribution is -0.0336. The van der Waals surface area contributed by atoms with E-state index in [2.05, 4.69) is 49.7 Å². The first-order valence-corrected chi connectivity index (χ1v) is 23.0. The van der Waals surface area contributed by atoms with Crippen LogP contribution in [0.5, 0.6) is 11.5 Å². The number of esters is 1. The fourth-order valence-electron chi connectivity index (χ4n) is 9.50. The number of fused-ring (bicyclic) bond motifs is 4. The number of aromatic amines is 1. The van der Waals surface area contributed by atoms with Gasteiger partial charge in [0.1, 0.15) is 24.2 Å². The van der Waals surface area contributed by atoms with Gasteiger partial charge in [0.15, 0.2) is 0 Å². The average molecular weight is 892 g/mol. The lowest BCUT2D eigenvalue weighted by Gasteiger charge is -2.43. The molecular formula is C53H57N5O8. The summed E-state index contributed by atoms with van der Waals surface area (Å²) in [5.74, 6) is 0.988. The van der Waals surface area contributed by atoms with E-state index in [1.165, 1.54) is 12.1 Å². The van der Waals surface area contributed by atoms with E-state index in [4.69, 9.17) is 14.2 Å². The number of rotatable bonds is 16. The molecule has 4 saturated heterocycles. The predicted molar refractivity (Wildman–Crippen MR) is 253 cm³/mol. The molecule has 5 aromatic carbocycles. The van der Waals surface area contributed by atoms with Crippen LogP contribution in [0, 0.1) is 11.8 Å². The summed E-state index contributed by atoms with van der Waals surface area (Å²) in [5.41, 5.74) is 6.07. The van der Waals surface area contributed by atoms with Gasteiger partial charge < -0.3 is 44.9 Å². The summed E-state index contributed by atoms with van der Waals surface area (Å²) in [6.45, 7) is 6.23. The molecule has 6 aromatic rings. The van der Waals surface area contributed by atoms with Crippen molar-refractivity contribution in [1.82, 2.24) is 20.5 Å². The molecule has 0 aliphatic carbocycles. The van der Waals surface area contributed by atoms with Crippen LogP contribution in [0.4, 0.5) is 10.5 Å². The third-order valence-electron chi connectivity index (χ3n) is 13.3. The van der Waals surface area contributed by atoms with Crippen molar-refractivity contribution in [1.29, 1.82) is 0 Å². The molecule has 3 unspecified atom stereocenters. The van der Waals surface area contributed by atoms with E-state index in [1.807, 2.05) is 66.7 Å². The first-order chi connectivity index (χ1) is 32.2. The smallest absolute Gasteiger partial charge is 0.408 e. The molecule has 2 bridgehead atoms. The number of amides is 1. The van der Waals surface area contributed by atoms with Crippen molar-refractivity contribution in [2.75, 3.05) is 50.8 Å². The number of hydrogen-bond donors (Lipinski definition) is 5. The maximum absolute atomic E-state index is 13.3. The molecule has 66 heavy (non-hydrogen) atoms. The number of phenols is 1. The number of phenolic OH excluding ortho intramolecular Hbond substituents is 1. The number of carbonyl (C=O) groups excluding carboxylic acids is 2. The zero-order valence-electron chi connectivity index (χ0n) is 36.9. The number of aliphatic hydroxyl groups excluding tert-OH is 1. The van der Waals surface area contributed by atoms with Gasteiger partial charge in [0.25, 0.3) is 0 Å². The number of aliphatic hydroxyl groups is 1. The molecule has 13 heteroatoms. The third-order valence-corrected chi connectivity index (χ3v) is 13.3. The van der Waals surface area contributed by atoms with Crippen LogP contribution >= 0.6 is 0 Å². The Hall–Kier alpha value is -6.67. The van der Waals surface area contributed by atoms with E-state index < -0.39 is 18.2 Å². The van der Waals surface area contributed by atoms with Crippen LogP contribution in [0.3, 0.4) is 0 Å². The summed E-state index contributed by atoms with van der Waals surface area (Å²) in [5, 5.41) is 28.1. The Morgan fingerprint density at radius 3 is 2.27 bits per heavy atom. The van der Waals surface area contributed by atoms with Crippen LogP contribution < -0.4 is 25.8 Å². The number of ether oxygens (including phenoxy) is 3. The lowest BCUT2D eigenvalue weighted by Crippen LogP contribution is -2.52. The Morgan fingerprint density at radius 1 is 0.788 bits per heavy atom. The number of anilines is 1. The van der Waals surface area contributed by atoms with Gasteiger partial charge in [-0.1, -0.05) is 72.8 Å². The Bertz CT molecular complexity index is 2640. The summed E-state index contributed by atoms with van der Waals surface area (Å²) < 4.78 is 18.0. The van der Waals surface area contributed by atoms with Crippen LogP contribution in [-0.2, 0) is 22.6 Å². The summed E-state index contributed by atoms with van der Waals surface area (Å²) in [6.07, 6.45) is 2.64. The molecule has 4 aliphatic rings. The second-order valence-corrected chi connectivity index (χ2v) is 17.8. The number of aromatic hydroxyl groups is 1. The first-order valence-electron chi connectivity index (χ1n) is 23.0. The number of benzene rings is 5. The predicted octanol–water partition coefficient (Wildman–Crippen LogP) is 7.62. The van der Waals surface area contributed by atoms with Gasteiger partial charge in [0.2, 0.25) is 5.56 Å². The zero-order chi connectivity index (χ0) is 45.4. The molecular weight excluding hydrogens is 835 g/mol. The Balaban J connectivity index is 0.702. The highest BCUT2D eigenvalue weighted by atomic mass is 16.6. The van der Waals surface area contributed by atoms with Crippen molar-refractivity contribution in [2.24, 2.45) is 11.8 Å². The van der Waals surface area contributed by atoms with Gasteiger partial charge in [0.05, 0.1) is 29.8 Å². The maximum atomic E-state index is 13.3. The first kappa shape index (κ1) is 44.5. The Labute approximate surface area is 384 Å². The van der Waals surface area contributed by atoms with Gasteiger partial charge in [-0.25, -0.2) is 9.59 Å². The highest BCUT2D eigenvalue weighted by molar-refractivity contribution is 5.89. The van der Waals surface area contributed by atoms with Gasteiger partial charge in [-0.3, -0.25) is 9.69 Å². The van der Waals surface area contributed by atoms with Gasteiger partial charge in [0, 0.05) is 49.9 Å². The summed E-state index contributed by atoms with van der Waals surface area (Å²) in [7, 11) is 0. The van der Waals surface area contributed by atoms with Crippen molar-refractivity contribution in [3.8, 4) is 11.5 Å². The molecule has 0 spiro atoms. The Kier molecular flexibility index (Phi) is 13.9. The largest absolute Gasteiger partial charge is 0.506 e. The minimum absolute atomic E-state index is 0.0375. The monoisotopic (exact) mass is 891 g/mol. The number of carbonyl (C=O) groups is 2. The number of hydrogen-bond acceptors (Lipinski definition) is 11. The molecule has 1 aromatic heterocycles. The molecule has 13 nitrogen and oxygen atoms in total. The molecule has 5 heterocycles. The number of piperidine rings is 4. The van der Waals surface area contributed by atoms with E-state index in [9.17, 15) is 24.6 Å². The number of H-pyrrole nitrogens is 1. The molecule has 3 atom stereocenters. The lowest BCUT2D eigenvalue weighted by atomic mass is 9.86. The molecule has 4 aliphatic heterocycles. The van der Waals surface area contributed by atoms with Gasteiger partial charge in [-0.05, 0) is 127 Å². The second kappa shape index (κ2) is 20.7. The van der Waals surface area contributed by atoms with E-state index in [0.29, 0.717) is 60.0 Å². The SMILES string of the molecule is O=C(NC(c1ccccc1)c1cccc(OCc2ccc(C(=O)OCC3CCN(c4ccc(CNCC(O)c5ccc(O)c6[nH]c(=O)ccc56)cc4)CC3)cc2)c1)OC1CN2CCC1CC2. The van der Waals surface area contributed by atoms with E-state index in [1.54, 1.807) is 24.3 Å². The van der Waals surface area contributed by atoms with Gasteiger partial charge >= 0.3 is 12.1 Å². The fraction of sp³-hybridized carbons (Fsp3) is 0.340. The highest BCUT2D eigenvalue weighted by Crippen LogP contribution is 2.32. The number of aromatic nitrogens is 1. The van der Waals surface area contributed by atoms with Crippen molar-refractivity contribution in [3.05, 3.63) is 171 Å². The van der Waals surface area contributed by atoms with Crippen LogP contribution in [0.2, 0.25) is 0 Å². The average Bonchev–Trinajstić information content (AvgIpc) is 3.36. The number of pyridine rings is 1. The third kappa shape index (κ3) is 10.9. The van der Waals surface area contributed by atoms with Gasteiger partial charge in [-0.15, -0.1) is 0 Å². The van der Waals surface area contributed by atoms with Crippen LogP contribution in [-0.4, -0.2) is 84.1 Å². The molecule has 0 saturated carbocycles. The standard InChI is InChI=1S/C53H57N5O8/c59-46-19-17-44(45-18-20-49(61)55-51(45)46)47(60)31-54-30-35-11-15-42(16-12-35)58-27-21-37(22-28-58)34-65-52(62)40-13-9-36(10-14-40)33-64-43-8-4-7-41(29-43)50(39-5-2-1-3-6-39)56-53(63)66-48-32-57-25-23-38(48)24-26-57/h1-20,29,37-38,47-48,50,54,59-60H,21-28,30-34H2,(H,55,61)(H,56,63). The topological polar surface area (TPSA) is 166 Å². The number of alkyl carbamates (subject to hydrolysis) is 1. The molecule has 0 radical (unpaired) electrons. The minimum Gasteiger partial charge on any atom is -0.506 e. The molecule has 4 fully saturated rings. The normalized spacial score (nSPS) is 19.2. The van der Waals surface area contributed by atoms with Crippen molar-refractivity contribution in [3.63, 3.8) is 0 Å². The van der Waals surface area contributed by atoms with E-state index >= 15 is 0 Å². The summed E-state index contributed by atoms with van der Waals surface area (Å²) in [4.78, 5) is 45.4. The van der Waals surface area contributed by atoms with E-state index in [-0.39, 0.29) is 29.3 Å². The minimum atomic E-state index is -0.828. The van der Waals surface area contributed by atoms with E-state index in [0.717, 1.165) is 86.3 Å². The van der Waals surface area contributed by atoms with Crippen molar-refractivity contribution in [2.45, 2.75) is 57.1 Å². The Morgan fingerprint density at radius 2 is 1.53 bits per heavy atom.